The Kier molecular flexibility index (Phi) is 3.49. The van der Waals surface area contributed by atoms with E-state index in [0.717, 1.165) is 10.0 Å². The molecule has 0 bridgehead atoms. The van der Waals surface area contributed by atoms with Crippen molar-refractivity contribution in [3.05, 3.63) is 40.1 Å². The van der Waals surface area contributed by atoms with Crippen molar-refractivity contribution in [1.29, 1.82) is 0 Å². The van der Waals surface area contributed by atoms with Crippen LogP contribution in [0.2, 0.25) is 0 Å². The molecule has 2 aromatic rings. The first-order valence-electron chi connectivity index (χ1n) is 5.89. The van der Waals surface area contributed by atoms with Crippen molar-refractivity contribution in [1.82, 2.24) is 9.97 Å². The number of rotatable bonds is 2. The van der Waals surface area contributed by atoms with Crippen molar-refractivity contribution in [3.8, 4) is 11.4 Å². The lowest BCUT2D eigenvalue weighted by molar-refractivity contribution is 0.0688. The maximum absolute atomic E-state index is 11.3. The Bertz CT molecular complexity index is 627. The molecule has 1 aromatic carbocycles. The molecular weight excluding hydrogens is 308 g/mol. The van der Waals surface area contributed by atoms with Gasteiger partial charge in [-0.05, 0) is 6.07 Å². The first-order valence-corrected chi connectivity index (χ1v) is 6.68. The van der Waals surface area contributed by atoms with Gasteiger partial charge in [-0.25, -0.2) is 9.78 Å². The molecule has 1 aromatic heterocycles. The summed E-state index contributed by atoms with van der Waals surface area (Å²) in [5, 5.41) is 9.26. The maximum atomic E-state index is 11.3. The lowest BCUT2D eigenvalue weighted by Gasteiger charge is -2.16. The molecule has 0 fully saturated rings. The Balaban J connectivity index is 2.62. The van der Waals surface area contributed by atoms with Crippen molar-refractivity contribution in [3.63, 3.8) is 0 Å². The van der Waals surface area contributed by atoms with Crippen LogP contribution in [0, 0.1) is 0 Å². The third kappa shape index (κ3) is 2.71. The van der Waals surface area contributed by atoms with Gasteiger partial charge in [0.15, 0.2) is 5.69 Å². The molecule has 0 atom stereocenters. The number of nitrogens with zero attached hydrogens (tertiary/aromatic N) is 1. The van der Waals surface area contributed by atoms with E-state index >= 15 is 0 Å². The number of carboxylic acid groups (broad SMARTS) is 1. The molecule has 0 amide bonds. The monoisotopic (exact) mass is 322 g/mol. The van der Waals surface area contributed by atoms with E-state index < -0.39 is 5.97 Å². The van der Waals surface area contributed by atoms with Gasteiger partial charge in [-0.2, -0.15) is 0 Å². The van der Waals surface area contributed by atoms with Gasteiger partial charge in [0.05, 0.1) is 5.69 Å². The smallest absolute Gasteiger partial charge is 0.356 e. The number of H-pyrrole nitrogens is 1. The molecule has 0 aliphatic rings. The van der Waals surface area contributed by atoms with E-state index in [1.807, 2.05) is 45.0 Å². The molecule has 0 aliphatic carbocycles. The van der Waals surface area contributed by atoms with Crippen LogP contribution in [0.1, 0.15) is 37.0 Å². The third-order valence-electron chi connectivity index (χ3n) is 2.79. The van der Waals surface area contributed by atoms with Crippen LogP contribution in [0.15, 0.2) is 28.7 Å². The van der Waals surface area contributed by atoms with Crippen LogP contribution in [0.5, 0.6) is 0 Å². The zero-order chi connectivity index (χ0) is 14.2. The second kappa shape index (κ2) is 4.81. The minimum absolute atomic E-state index is 0.0817. The molecule has 1 heterocycles. The first-order chi connectivity index (χ1) is 8.80. The molecule has 0 unspecified atom stereocenters. The van der Waals surface area contributed by atoms with E-state index in [4.69, 9.17) is 0 Å². The maximum Gasteiger partial charge on any atom is 0.356 e. The predicted molar refractivity (Wildman–Crippen MR) is 77.4 cm³/mol. The summed E-state index contributed by atoms with van der Waals surface area (Å²) in [5.41, 5.74) is 1.25. The second-order valence-electron chi connectivity index (χ2n) is 5.34. The molecule has 0 aliphatic heterocycles. The number of imidazole rings is 1. The first kappa shape index (κ1) is 13.8. The summed E-state index contributed by atoms with van der Waals surface area (Å²) in [6.45, 7) is 5.87. The summed E-state index contributed by atoms with van der Waals surface area (Å²) in [6, 6.07) is 7.58. The average molecular weight is 323 g/mol. The number of aromatic amines is 1. The van der Waals surface area contributed by atoms with Crippen LogP contribution in [0.25, 0.3) is 11.4 Å². The van der Waals surface area contributed by atoms with Crippen molar-refractivity contribution in [2.75, 3.05) is 0 Å². The van der Waals surface area contributed by atoms with Gasteiger partial charge in [0.2, 0.25) is 0 Å². The number of halogens is 1. The zero-order valence-electron chi connectivity index (χ0n) is 11.0. The van der Waals surface area contributed by atoms with Crippen LogP contribution in [0.4, 0.5) is 0 Å². The fourth-order valence-corrected chi connectivity index (χ4v) is 2.32. The van der Waals surface area contributed by atoms with Crippen molar-refractivity contribution in [2.24, 2.45) is 0 Å². The number of hydrogen-bond donors (Lipinski definition) is 2. The van der Waals surface area contributed by atoms with Gasteiger partial charge < -0.3 is 10.1 Å². The van der Waals surface area contributed by atoms with Crippen molar-refractivity contribution >= 4 is 21.9 Å². The van der Waals surface area contributed by atoms with E-state index in [1.165, 1.54) is 0 Å². The lowest BCUT2D eigenvalue weighted by atomic mass is 9.91. The van der Waals surface area contributed by atoms with E-state index in [-0.39, 0.29) is 11.1 Å². The highest BCUT2D eigenvalue weighted by Crippen LogP contribution is 2.30. The zero-order valence-corrected chi connectivity index (χ0v) is 12.6. The molecule has 0 spiro atoms. The summed E-state index contributed by atoms with van der Waals surface area (Å²) in [5.74, 6) is -0.450. The third-order valence-corrected chi connectivity index (χ3v) is 3.48. The predicted octanol–water partition coefficient (Wildman–Crippen LogP) is 3.83. The van der Waals surface area contributed by atoms with Crippen LogP contribution in [-0.4, -0.2) is 21.0 Å². The summed E-state index contributed by atoms with van der Waals surface area (Å²) in [4.78, 5) is 18.7. The lowest BCUT2D eigenvalue weighted by Crippen LogP contribution is -2.16. The molecule has 0 radical (unpaired) electrons. The summed E-state index contributed by atoms with van der Waals surface area (Å²) in [6.07, 6.45) is 0. The Morgan fingerprint density at radius 3 is 2.42 bits per heavy atom. The molecule has 0 saturated carbocycles. The van der Waals surface area contributed by atoms with E-state index in [9.17, 15) is 9.90 Å². The number of carbonyl (C=O) groups is 1. The minimum atomic E-state index is -1.01. The standard InChI is InChI=1S/C14H15BrN2O2/c1-14(2,3)11-10(13(18)19)16-12(17-11)8-6-4-5-7-9(8)15/h4-7H,1-3H3,(H,16,17)(H,18,19). The largest absolute Gasteiger partial charge is 0.476 e. The molecular formula is C14H15BrN2O2. The fraction of sp³-hybridized carbons (Fsp3) is 0.286. The molecule has 100 valence electrons. The number of aromatic carboxylic acids is 1. The minimum Gasteiger partial charge on any atom is -0.476 e. The quantitative estimate of drug-likeness (QED) is 0.882. The average Bonchev–Trinajstić information content (AvgIpc) is 2.74. The molecule has 4 nitrogen and oxygen atoms in total. The highest BCUT2D eigenvalue weighted by molar-refractivity contribution is 9.10. The van der Waals surface area contributed by atoms with Crippen LogP contribution < -0.4 is 0 Å². The highest BCUT2D eigenvalue weighted by Gasteiger charge is 2.26. The normalized spacial score (nSPS) is 11.6. The number of carboxylic acids is 1. The van der Waals surface area contributed by atoms with E-state index in [1.54, 1.807) is 0 Å². The molecule has 2 rings (SSSR count). The fourth-order valence-electron chi connectivity index (χ4n) is 1.85. The highest BCUT2D eigenvalue weighted by atomic mass is 79.9. The summed E-state index contributed by atoms with van der Waals surface area (Å²) >= 11 is 3.45. The topological polar surface area (TPSA) is 66.0 Å². The van der Waals surface area contributed by atoms with Gasteiger partial charge in [-0.15, -0.1) is 0 Å². The number of benzene rings is 1. The van der Waals surface area contributed by atoms with Gasteiger partial charge in [0.1, 0.15) is 5.82 Å². The van der Waals surface area contributed by atoms with Crippen LogP contribution in [0.3, 0.4) is 0 Å². The van der Waals surface area contributed by atoms with Gasteiger partial charge in [-0.3, -0.25) is 0 Å². The van der Waals surface area contributed by atoms with Crippen molar-refractivity contribution < 1.29 is 9.90 Å². The summed E-state index contributed by atoms with van der Waals surface area (Å²) < 4.78 is 0.876. The number of aromatic nitrogens is 2. The molecule has 2 N–H and O–H groups in total. The van der Waals surface area contributed by atoms with Gasteiger partial charge >= 0.3 is 5.97 Å². The Labute approximate surface area is 120 Å². The van der Waals surface area contributed by atoms with Crippen molar-refractivity contribution in [2.45, 2.75) is 26.2 Å². The Morgan fingerprint density at radius 1 is 1.32 bits per heavy atom. The number of nitrogens with one attached hydrogen (secondary N) is 1. The number of hydrogen-bond acceptors (Lipinski definition) is 2. The molecule has 0 saturated heterocycles. The van der Waals surface area contributed by atoms with E-state index in [2.05, 4.69) is 25.9 Å². The van der Waals surface area contributed by atoms with Gasteiger partial charge in [0.25, 0.3) is 0 Å². The van der Waals surface area contributed by atoms with Gasteiger partial charge in [-0.1, -0.05) is 54.9 Å². The molecule has 19 heavy (non-hydrogen) atoms. The van der Waals surface area contributed by atoms with Crippen LogP contribution >= 0.6 is 15.9 Å². The second-order valence-corrected chi connectivity index (χ2v) is 6.20. The summed E-state index contributed by atoms with van der Waals surface area (Å²) in [7, 11) is 0. The van der Waals surface area contributed by atoms with Crippen LogP contribution in [-0.2, 0) is 5.41 Å². The Hall–Kier alpha value is -1.62. The molecule has 5 heteroatoms. The van der Waals surface area contributed by atoms with E-state index in [0.29, 0.717) is 11.5 Å². The Morgan fingerprint density at radius 2 is 1.95 bits per heavy atom. The SMILES string of the molecule is CC(C)(C)c1[nH]c(-c2ccccc2Br)nc1C(=O)O. The van der Waals surface area contributed by atoms with Gasteiger partial charge in [0, 0.05) is 15.5 Å².